The van der Waals surface area contributed by atoms with Crippen LogP contribution in [0.4, 0.5) is 65.9 Å². The Hall–Kier alpha value is -3.63. The number of hydrogen-bond acceptors (Lipinski definition) is 0. The highest BCUT2D eigenvalue weighted by Gasteiger charge is 2.47. The lowest BCUT2D eigenvalue weighted by Gasteiger charge is -2.43. The number of benzene rings is 3. The van der Waals surface area contributed by atoms with Gasteiger partial charge < -0.3 is 4.90 Å². The van der Waals surface area contributed by atoms with E-state index in [0.717, 1.165) is 0 Å². The molecule has 3 aromatic rings. The first-order valence-corrected chi connectivity index (χ1v) is 12.6. The van der Waals surface area contributed by atoms with Crippen molar-refractivity contribution < 1.29 is 70.8 Å². The predicted molar refractivity (Wildman–Crippen MR) is 131 cm³/mol. The van der Waals surface area contributed by atoms with Crippen molar-refractivity contribution in [2.45, 2.75) is 27.1 Å². The summed E-state index contributed by atoms with van der Waals surface area (Å²) < 4.78 is 215. The minimum absolute atomic E-state index is 0.189. The topological polar surface area (TPSA) is 4.44 Å². The van der Waals surface area contributed by atoms with Gasteiger partial charge in [-0.05, 0) is 20.8 Å². The Kier molecular flexibility index (Phi) is 11.6. The van der Waals surface area contributed by atoms with E-state index in [-0.39, 0.29) is 6.08 Å². The average molecular weight is 655 g/mol. The van der Waals surface area contributed by atoms with Crippen LogP contribution in [0, 0.1) is 87.3 Å². The Labute approximate surface area is 240 Å². The summed E-state index contributed by atoms with van der Waals surface area (Å²) in [4.78, 5) is 1.68. The second-order valence-corrected chi connectivity index (χ2v) is 9.33. The van der Waals surface area contributed by atoms with E-state index in [1.54, 1.807) is 4.90 Å². The van der Waals surface area contributed by atoms with Gasteiger partial charge in [0, 0.05) is 0 Å². The van der Waals surface area contributed by atoms with Gasteiger partial charge in [-0.25, -0.2) is 65.9 Å². The quantitative estimate of drug-likeness (QED) is 0.110. The third-order valence-corrected chi connectivity index (χ3v) is 7.23. The number of halogens is 15. The smallest absolute Gasteiger partial charge is 0.200 e. The van der Waals surface area contributed by atoms with Gasteiger partial charge in [0.05, 0.1) is 19.6 Å². The molecule has 0 saturated carbocycles. The molecule has 1 N–H and O–H groups in total. The van der Waals surface area contributed by atoms with Gasteiger partial charge in [-0.3, -0.25) is 0 Å². The zero-order valence-electron chi connectivity index (χ0n) is 22.9. The molecule has 0 aliphatic carbocycles. The van der Waals surface area contributed by atoms with Crippen LogP contribution in [0.3, 0.4) is 0 Å². The van der Waals surface area contributed by atoms with Gasteiger partial charge in [0.2, 0.25) is 0 Å². The molecule has 0 atom stereocenters. The van der Waals surface area contributed by atoms with Crippen molar-refractivity contribution in [3.05, 3.63) is 99.9 Å². The lowest BCUT2D eigenvalue weighted by molar-refractivity contribution is -0.894. The second kappa shape index (κ2) is 14.0. The maximum atomic E-state index is 14.9. The summed E-state index contributed by atoms with van der Waals surface area (Å²) in [7, 11) is 0. The van der Waals surface area contributed by atoms with Gasteiger partial charge >= 0.3 is 0 Å². The van der Waals surface area contributed by atoms with Crippen molar-refractivity contribution in [3.63, 3.8) is 0 Å². The van der Waals surface area contributed by atoms with Crippen molar-refractivity contribution >= 4 is 22.5 Å². The highest BCUT2D eigenvalue weighted by molar-refractivity contribution is 7.12. The first-order valence-electron chi connectivity index (χ1n) is 12.6. The van der Waals surface area contributed by atoms with Crippen LogP contribution < -0.4 is 21.3 Å². The van der Waals surface area contributed by atoms with E-state index in [0.29, 0.717) is 0 Å². The molecule has 0 unspecified atom stereocenters. The molecule has 0 radical (unpaired) electrons. The van der Waals surface area contributed by atoms with Gasteiger partial charge in [0.15, 0.2) is 52.4 Å². The van der Waals surface area contributed by atoms with Gasteiger partial charge in [-0.1, -0.05) is 0 Å². The van der Waals surface area contributed by atoms with Crippen molar-refractivity contribution in [1.82, 2.24) is 0 Å². The summed E-state index contributed by atoms with van der Waals surface area (Å²) in [6.07, 6.45) is -7.22. The van der Waals surface area contributed by atoms with E-state index in [1.807, 2.05) is 0 Å². The molecule has 0 spiro atoms. The highest BCUT2D eigenvalue weighted by Crippen LogP contribution is 2.29. The fourth-order valence-corrected chi connectivity index (χ4v) is 4.95. The molecular weight excluding hydrogens is 634 g/mol. The summed E-state index contributed by atoms with van der Waals surface area (Å²) in [6.45, 7) is 13.4. The van der Waals surface area contributed by atoms with Crippen LogP contribution in [0.2, 0.25) is 6.32 Å². The van der Waals surface area contributed by atoms with Crippen molar-refractivity contribution in [2.75, 3.05) is 19.6 Å². The molecule has 242 valence electrons. The average Bonchev–Trinajstić information content (AvgIpc) is 3.00. The van der Waals surface area contributed by atoms with Crippen LogP contribution in [-0.4, -0.2) is 25.8 Å². The Bertz CT molecular complexity index is 1330. The third kappa shape index (κ3) is 5.77. The summed E-state index contributed by atoms with van der Waals surface area (Å²) in [5.41, 5.74) is -7.95. The summed E-state index contributed by atoms with van der Waals surface area (Å²) >= 11 is 0. The Morgan fingerprint density at radius 1 is 0.409 bits per heavy atom. The summed E-state index contributed by atoms with van der Waals surface area (Å²) in [5, 5.41) is 0. The van der Waals surface area contributed by atoms with E-state index in [4.69, 9.17) is 0 Å². The zero-order chi connectivity index (χ0) is 34.0. The SMILES string of the molecule is C=CC[B-](c1c(F)c(F)c(F)c(F)c1F)(c1c(F)c(F)c(F)c(F)c1F)c1c(F)c(F)c(F)c(F)c1F.CC[NH+](CC)CC. The first-order chi connectivity index (χ1) is 20.4. The van der Waals surface area contributed by atoms with E-state index < -0.39 is 116 Å². The Morgan fingerprint density at radius 2 is 0.591 bits per heavy atom. The van der Waals surface area contributed by atoms with E-state index >= 15 is 0 Å². The van der Waals surface area contributed by atoms with Crippen molar-refractivity contribution in [2.24, 2.45) is 0 Å². The largest absolute Gasteiger partial charge is 0.336 e. The minimum Gasteiger partial charge on any atom is -0.336 e. The summed E-state index contributed by atoms with van der Waals surface area (Å²) in [5.74, 6) is -45.3. The van der Waals surface area contributed by atoms with E-state index in [2.05, 4.69) is 27.4 Å². The molecule has 0 saturated heterocycles. The minimum atomic E-state index is -5.52. The molecule has 0 aliphatic heterocycles. The molecule has 1 nitrogen and oxygen atoms in total. The van der Waals surface area contributed by atoms with Crippen molar-refractivity contribution in [1.29, 1.82) is 0 Å². The maximum Gasteiger partial charge on any atom is 0.200 e. The van der Waals surface area contributed by atoms with Gasteiger partial charge in [-0.2, -0.15) is 0 Å². The molecule has 0 amide bonds. The molecule has 0 fully saturated rings. The van der Waals surface area contributed by atoms with Gasteiger partial charge in [0.1, 0.15) is 41.0 Å². The van der Waals surface area contributed by atoms with Crippen LogP contribution in [0.15, 0.2) is 12.7 Å². The van der Waals surface area contributed by atoms with Crippen LogP contribution in [0.1, 0.15) is 20.8 Å². The fraction of sp³-hybridized carbons (Fsp3) is 0.259. The fourth-order valence-electron chi connectivity index (χ4n) is 4.95. The number of rotatable bonds is 8. The molecule has 0 bridgehead atoms. The second-order valence-electron chi connectivity index (χ2n) is 9.33. The maximum absolute atomic E-state index is 14.9. The molecule has 44 heavy (non-hydrogen) atoms. The van der Waals surface area contributed by atoms with Gasteiger partial charge in [-0.15, -0.1) is 35.4 Å². The molecule has 0 aromatic heterocycles. The molecule has 0 heterocycles. The normalized spacial score (nSPS) is 11.6. The lowest BCUT2D eigenvalue weighted by atomic mass is 9.13. The third-order valence-electron chi connectivity index (χ3n) is 7.23. The van der Waals surface area contributed by atoms with E-state index in [9.17, 15) is 65.9 Å². The van der Waals surface area contributed by atoms with Gasteiger partial charge in [0.25, 0.3) is 0 Å². The molecule has 3 rings (SSSR count). The zero-order valence-corrected chi connectivity index (χ0v) is 22.9. The Morgan fingerprint density at radius 3 is 0.727 bits per heavy atom. The van der Waals surface area contributed by atoms with E-state index in [1.165, 1.54) is 19.6 Å². The van der Waals surface area contributed by atoms with Crippen LogP contribution in [0.25, 0.3) is 0 Å². The highest BCUT2D eigenvalue weighted by atomic mass is 19.2. The lowest BCUT2D eigenvalue weighted by Crippen LogP contribution is -3.11. The number of nitrogens with one attached hydrogen (secondary N) is 1. The Balaban J connectivity index is 0.000000860. The molecule has 17 heteroatoms. The summed E-state index contributed by atoms with van der Waals surface area (Å²) in [6, 6.07) is 0. The van der Waals surface area contributed by atoms with Crippen LogP contribution >= 0.6 is 0 Å². The predicted octanol–water partition coefficient (Wildman–Crippen LogP) is 5.36. The number of hydrogen-bond donors (Lipinski definition) is 1. The first kappa shape index (κ1) is 36.6. The monoisotopic (exact) mass is 655 g/mol. The molecule has 0 aliphatic rings. The number of allylic oxidation sites excluding steroid dienone is 1. The van der Waals surface area contributed by atoms with Crippen LogP contribution in [0.5, 0.6) is 0 Å². The van der Waals surface area contributed by atoms with Crippen molar-refractivity contribution in [3.8, 4) is 0 Å². The molecular formula is C27H21BF15N. The molecule has 3 aromatic carbocycles. The number of quaternary nitrogens is 1. The standard InChI is InChI=1S/C21H5BF15.C6H15N/c1-2-3-22(4-7(23)13(29)19(35)14(30)8(4)24,5-9(25)15(31)20(36)16(32)10(5)26)6-11(27)17(33)21(37)18(34)12(6)28;1-4-7(5-2)6-3/h2H,1,3H2;4-6H2,1-3H3/q-1;/p+1. The van der Waals surface area contributed by atoms with Crippen LogP contribution in [-0.2, 0) is 0 Å².